The Hall–Kier alpha value is -4.39. The summed E-state index contributed by atoms with van der Waals surface area (Å²) < 4.78 is 42.6. The quantitative estimate of drug-likeness (QED) is 0.297. The third kappa shape index (κ3) is 3.75. The highest BCUT2D eigenvalue weighted by Gasteiger charge is 2.32. The van der Waals surface area contributed by atoms with Crippen LogP contribution < -0.4 is 0 Å². The van der Waals surface area contributed by atoms with E-state index >= 15 is 0 Å². The molecule has 0 aliphatic heterocycles. The molecule has 0 radical (unpaired) electrons. The summed E-state index contributed by atoms with van der Waals surface area (Å²) in [6.07, 6.45) is -4.45. The molecule has 1 N–H and O–H groups in total. The van der Waals surface area contributed by atoms with Gasteiger partial charge in [0.2, 0.25) is 0 Å². The summed E-state index contributed by atoms with van der Waals surface area (Å²) in [5.41, 5.74) is 3.79. The fraction of sp³-hybridized carbons (Fsp3) is 0.0714. The van der Waals surface area contributed by atoms with Crippen LogP contribution in [-0.4, -0.2) is 19.5 Å². The molecule has 0 bridgehead atoms. The van der Waals surface area contributed by atoms with E-state index < -0.39 is 17.8 Å². The minimum absolute atomic E-state index is 0.382. The maximum absolute atomic E-state index is 13.6. The highest BCUT2D eigenvalue weighted by molar-refractivity contribution is 5.82. The van der Waals surface area contributed by atoms with Crippen molar-refractivity contribution in [3.05, 3.63) is 120 Å². The second kappa shape index (κ2) is 8.13. The van der Waals surface area contributed by atoms with Gasteiger partial charge in [-0.25, -0.2) is 9.97 Å². The number of alkyl halides is 3. The van der Waals surface area contributed by atoms with E-state index in [-0.39, 0.29) is 0 Å². The second-order valence-electron chi connectivity index (χ2n) is 8.33. The predicted molar refractivity (Wildman–Crippen MR) is 130 cm³/mol. The van der Waals surface area contributed by atoms with Gasteiger partial charge >= 0.3 is 6.18 Å². The minimum atomic E-state index is -4.45. The number of nitrogens with zero attached hydrogens (tertiary/aromatic N) is 3. The Kier molecular flexibility index (Phi) is 4.91. The van der Waals surface area contributed by atoms with Crippen LogP contribution >= 0.6 is 0 Å². The maximum atomic E-state index is 13.6. The van der Waals surface area contributed by atoms with Crippen molar-refractivity contribution in [2.24, 2.45) is 0 Å². The van der Waals surface area contributed by atoms with Crippen LogP contribution in [0.2, 0.25) is 0 Å². The van der Waals surface area contributed by atoms with Crippen molar-refractivity contribution in [3.8, 4) is 11.4 Å². The van der Waals surface area contributed by atoms with E-state index in [4.69, 9.17) is 9.97 Å². The van der Waals surface area contributed by atoms with Crippen LogP contribution in [0.25, 0.3) is 33.5 Å². The van der Waals surface area contributed by atoms with Crippen LogP contribution in [0.15, 0.2) is 103 Å². The molecule has 1 unspecified atom stereocenters. The van der Waals surface area contributed by atoms with Crippen LogP contribution in [-0.2, 0) is 6.18 Å². The lowest BCUT2D eigenvalue weighted by Gasteiger charge is -2.21. The summed E-state index contributed by atoms with van der Waals surface area (Å²) in [4.78, 5) is 13.1. The van der Waals surface area contributed by atoms with E-state index in [2.05, 4.69) is 4.98 Å². The molecule has 0 aliphatic carbocycles. The van der Waals surface area contributed by atoms with Crippen molar-refractivity contribution in [1.82, 2.24) is 19.5 Å². The van der Waals surface area contributed by atoms with Gasteiger partial charge in [0.05, 0.1) is 27.6 Å². The molecule has 6 aromatic rings. The number of fused-ring (bicyclic) bond motifs is 2. The first-order valence-corrected chi connectivity index (χ1v) is 11.1. The smallest absolute Gasteiger partial charge is 0.340 e. The van der Waals surface area contributed by atoms with Gasteiger partial charge in [-0.15, -0.1) is 0 Å². The molecule has 1 atom stereocenters. The van der Waals surface area contributed by atoms with Crippen LogP contribution in [0, 0.1) is 0 Å². The second-order valence-corrected chi connectivity index (χ2v) is 8.33. The van der Waals surface area contributed by atoms with Crippen LogP contribution in [0.5, 0.6) is 0 Å². The van der Waals surface area contributed by atoms with Gasteiger partial charge < -0.3 is 9.55 Å². The fourth-order valence-electron chi connectivity index (χ4n) is 4.51. The summed E-state index contributed by atoms with van der Waals surface area (Å²) in [6, 6.07) is 29.9. The zero-order chi connectivity index (χ0) is 24.0. The Morgan fingerprint density at radius 3 is 2.20 bits per heavy atom. The topological polar surface area (TPSA) is 46.5 Å². The summed E-state index contributed by atoms with van der Waals surface area (Å²) in [6.45, 7) is 0. The Labute approximate surface area is 198 Å². The number of rotatable bonds is 4. The molecule has 35 heavy (non-hydrogen) atoms. The van der Waals surface area contributed by atoms with Gasteiger partial charge in [-0.05, 0) is 42.0 Å². The predicted octanol–water partition coefficient (Wildman–Crippen LogP) is 7.24. The fourth-order valence-corrected chi connectivity index (χ4v) is 4.51. The van der Waals surface area contributed by atoms with Gasteiger partial charge in [-0.1, -0.05) is 66.7 Å². The number of H-pyrrole nitrogens is 1. The molecule has 2 heterocycles. The number of benzene rings is 4. The lowest BCUT2D eigenvalue weighted by molar-refractivity contribution is -0.137. The number of aromatic nitrogens is 4. The summed E-state index contributed by atoms with van der Waals surface area (Å²) in [7, 11) is 0. The standard InChI is InChI=1S/C28H19F3N4/c29-28(30,31)20-12-8-11-19(17-20)27-34-23-15-6-7-16-24(23)35(27)25(18-9-2-1-3-10-18)26-32-21-13-4-5-14-22(21)33-26/h1-17,25H,(H,32,33). The third-order valence-corrected chi connectivity index (χ3v) is 6.08. The first-order valence-electron chi connectivity index (χ1n) is 11.1. The molecule has 172 valence electrons. The van der Waals surface area contributed by atoms with Crippen molar-refractivity contribution in [1.29, 1.82) is 0 Å². The molecular formula is C28H19F3N4. The van der Waals surface area contributed by atoms with Gasteiger partial charge in [-0.2, -0.15) is 13.2 Å². The number of halogens is 3. The molecule has 4 nitrogen and oxygen atoms in total. The first-order chi connectivity index (χ1) is 17.0. The van der Waals surface area contributed by atoms with Gasteiger partial charge in [0.15, 0.2) is 0 Å². The van der Waals surface area contributed by atoms with Gasteiger partial charge in [0.1, 0.15) is 17.7 Å². The van der Waals surface area contributed by atoms with E-state index in [0.717, 1.165) is 34.2 Å². The van der Waals surface area contributed by atoms with Crippen molar-refractivity contribution >= 4 is 22.1 Å². The Morgan fingerprint density at radius 1 is 0.714 bits per heavy atom. The molecule has 0 amide bonds. The minimum Gasteiger partial charge on any atom is -0.340 e. The molecule has 0 saturated heterocycles. The molecule has 4 aromatic carbocycles. The zero-order valence-electron chi connectivity index (χ0n) is 18.4. The van der Waals surface area contributed by atoms with Gasteiger partial charge in [0.25, 0.3) is 0 Å². The zero-order valence-corrected chi connectivity index (χ0v) is 18.4. The average molecular weight is 468 g/mol. The number of nitrogens with one attached hydrogen (secondary N) is 1. The lowest BCUT2D eigenvalue weighted by Crippen LogP contribution is -2.15. The highest BCUT2D eigenvalue weighted by Crippen LogP contribution is 2.37. The van der Waals surface area contributed by atoms with Crippen molar-refractivity contribution in [3.63, 3.8) is 0 Å². The van der Waals surface area contributed by atoms with E-state index in [9.17, 15) is 13.2 Å². The monoisotopic (exact) mass is 468 g/mol. The van der Waals surface area contributed by atoms with E-state index in [1.807, 2.05) is 83.4 Å². The molecule has 0 aliphatic rings. The van der Waals surface area contributed by atoms with Crippen LogP contribution in [0.3, 0.4) is 0 Å². The number of imidazole rings is 2. The van der Waals surface area contributed by atoms with E-state index in [1.165, 1.54) is 6.07 Å². The molecule has 7 heteroatoms. The molecule has 6 rings (SSSR count). The van der Waals surface area contributed by atoms with Gasteiger partial charge in [0, 0.05) is 5.56 Å². The highest BCUT2D eigenvalue weighted by atomic mass is 19.4. The summed E-state index contributed by atoms with van der Waals surface area (Å²) >= 11 is 0. The molecule has 2 aromatic heterocycles. The molecule has 0 saturated carbocycles. The van der Waals surface area contributed by atoms with Crippen LogP contribution in [0.4, 0.5) is 13.2 Å². The average Bonchev–Trinajstić information content (AvgIpc) is 3.47. The SMILES string of the molecule is FC(F)(F)c1cccc(-c2nc3ccccc3n2C(c2ccccc2)c2nc3ccccc3[nH]2)c1. The maximum Gasteiger partial charge on any atom is 0.416 e. The molecule has 0 spiro atoms. The lowest BCUT2D eigenvalue weighted by atomic mass is 10.0. The molecular weight excluding hydrogens is 449 g/mol. The first kappa shape index (κ1) is 21.2. The molecule has 0 fully saturated rings. The Balaban J connectivity index is 1.66. The van der Waals surface area contributed by atoms with Crippen molar-refractivity contribution < 1.29 is 13.2 Å². The van der Waals surface area contributed by atoms with E-state index in [0.29, 0.717) is 22.7 Å². The van der Waals surface area contributed by atoms with Crippen molar-refractivity contribution in [2.45, 2.75) is 12.2 Å². The summed E-state index contributed by atoms with van der Waals surface area (Å²) in [5.74, 6) is 1.11. The Bertz CT molecular complexity index is 1610. The third-order valence-electron chi connectivity index (χ3n) is 6.08. The summed E-state index contributed by atoms with van der Waals surface area (Å²) in [5, 5.41) is 0. The number of hydrogen-bond donors (Lipinski definition) is 1. The van der Waals surface area contributed by atoms with Crippen molar-refractivity contribution in [2.75, 3.05) is 0 Å². The normalized spacial score (nSPS) is 12.9. The van der Waals surface area contributed by atoms with Gasteiger partial charge in [-0.3, -0.25) is 0 Å². The largest absolute Gasteiger partial charge is 0.416 e. The number of para-hydroxylation sites is 4. The Morgan fingerprint density at radius 2 is 1.43 bits per heavy atom. The van der Waals surface area contributed by atoms with E-state index in [1.54, 1.807) is 6.07 Å². The number of aromatic amines is 1. The number of hydrogen-bond acceptors (Lipinski definition) is 2. The van der Waals surface area contributed by atoms with Crippen LogP contribution in [0.1, 0.15) is 23.0 Å².